The third kappa shape index (κ3) is 1.36. The summed E-state index contributed by atoms with van der Waals surface area (Å²) < 4.78 is 1.40. The molecule has 1 aromatic heterocycles. The van der Waals surface area contributed by atoms with E-state index in [9.17, 15) is 4.79 Å². The summed E-state index contributed by atoms with van der Waals surface area (Å²) >= 11 is 0. The van der Waals surface area contributed by atoms with Gasteiger partial charge in [-0.25, -0.2) is 9.48 Å². The molecule has 1 aromatic rings. The number of aromatic nitrogens is 4. The van der Waals surface area contributed by atoms with E-state index in [1.165, 1.54) is 4.68 Å². The van der Waals surface area contributed by atoms with E-state index < -0.39 is 12.0 Å². The second-order valence-electron chi connectivity index (χ2n) is 3.82. The first-order chi connectivity index (χ1) is 6.61. The molecule has 0 aliphatic heterocycles. The zero-order chi connectivity index (χ0) is 10.3. The summed E-state index contributed by atoms with van der Waals surface area (Å²) in [5, 5.41) is 19.9. The summed E-state index contributed by atoms with van der Waals surface area (Å²) in [5.74, 6) is 0.701. The van der Waals surface area contributed by atoms with Crippen LogP contribution in [-0.2, 0) is 4.79 Å². The van der Waals surface area contributed by atoms with E-state index in [0.717, 1.165) is 6.42 Å². The maximum atomic E-state index is 10.8. The summed E-state index contributed by atoms with van der Waals surface area (Å²) in [6.07, 6.45) is 1.05. The fourth-order valence-electron chi connectivity index (χ4n) is 1.51. The van der Waals surface area contributed by atoms with Crippen molar-refractivity contribution in [2.24, 2.45) is 5.92 Å². The quantitative estimate of drug-likeness (QED) is 0.758. The van der Waals surface area contributed by atoms with Crippen LogP contribution in [0.25, 0.3) is 0 Å². The van der Waals surface area contributed by atoms with E-state index in [1.54, 1.807) is 6.92 Å². The zero-order valence-electron chi connectivity index (χ0n) is 8.08. The van der Waals surface area contributed by atoms with Gasteiger partial charge in [0.25, 0.3) is 0 Å². The number of hydrogen-bond donors (Lipinski definition) is 1. The highest BCUT2D eigenvalue weighted by atomic mass is 16.4. The summed E-state index contributed by atoms with van der Waals surface area (Å²) in [7, 11) is 0. The van der Waals surface area contributed by atoms with Crippen LogP contribution in [0.2, 0.25) is 0 Å². The Morgan fingerprint density at radius 2 is 2.36 bits per heavy atom. The van der Waals surface area contributed by atoms with Gasteiger partial charge in [-0.2, -0.15) is 0 Å². The fourth-order valence-corrected chi connectivity index (χ4v) is 1.51. The third-order valence-electron chi connectivity index (χ3n) is 2.68. The van der Waals surface area contributed by atoms with E-state index in [1.807, 2.05) is 0 Å². The molecule has 1 aliphatic rings. The van der Waals surface area contributed by atoms with Gasteiger partial charge in [0, 0.05) is 5.92 Å². The van der Waals surface area contributed by atoms with Crippen LogP contribution in [0, 0.1) is 5.92 Å². The van der Waals surface area contributed by atoms with Crippen molar-refractivity contribution >= 4 is 5.97 Å². The van der Waals surface area contributed by atoms with Crippen LogP contribution < -0.4 is 0 Å². The van der Waals surface area contributed by atoms with Crippen molar-refractivity contribution in [2.75, 3.05) is 0 Å². The number of rotatable bonds is 3. The number of tetrazole rings is 1. The molecular formula is C8H12N4O2. The van der Waals surface area contributed by atoms with Crippen LogP contribution in [0.1, 0.15) is 38.1 Å². The highest BCUT2D eigenvalue weighted by Crippen LogP contribution is 2.46. The first-order valence-electron chi connectivity index (χ1n) is 4.62. The van der Waals surface area contributed by atoms with Gasteiger partial charge in [0.05, 0.1) is 0 Å². The Morgan fingerprint density at radius 3 is 2.86 bits per heavy atom. The Kier molecular flexibility index (Phi) is 1.98. The van der Waals surface area contributed by atoms with E-state index in [-0.39, 0.29) is 0 Å². The van der Waals surface area contributed by atoms with Gasteiger partial charge < -0.3 is 5.11 Å². The van der Waals surface area contributed by atoms with E-state index in [0.29, 0.717) is 17.7 Å². The molecule has 76 valence electrons. The maximum absolute atomic E-state index is 10.8. The molecule has 6 nitrogen and oxygen atoms in total. The first kappa shape index (κ1) is 9.11. The lowest BCUT2D eigenvalue weighted by atomic mass is 10.3. The molecule has 1 aliphatic carbocycles. The minimum Gasteiger partial charge on any atom is -0.480 e. The largest absolute Gasteiger partial charge is 0.480 e. The van der Waals surface area contributed by atoms with E-state index in [2.05, 4.69) is 22.4 Å². The molecule has 0 amide bonds. The second-order valence-corrected chi connectivity index (χ2v) is 3.82. The number of carboxylic acids is 1. The Labute approximate surface area is 80.9 Å². The van der Waals surface area contributed by atoms with Crippen LogP contribution >= 0.6 is 0 Å². The molecule has 1 saturated carbocycles. The van der Waals surface area contributed by atoms with Gasteiger partial charge in [-0.3, -0.25) is 0 Å². The summed E-state index contributed by atoms with van der Waals surface area (Å²) in [6.45, 7) is 3.68. The van der Waals surface area contributed by atoms with Gasteiger partial charge >= 0.3 is 5.97 Å². The van der Waals surface area contributed by atoms with E-state index in [4.69, 9.17) is 5.11 Å². The molecule has 2 rings (SSSR count). The normalized spacial score (nSPS) is 27.3. The van der Waals surface area contributed by atoms with Crippen molar-refractivity contribution < 1.29 is 9.90 Å². The highest BCUT2D eigenvalue weighted by molar-refractivity contribution is 5.71. The summed E-state index contributed by atoms with van der Waals surface area (Å²) in [6, 6.07) is -0.687. The fraction of sp³-hybridized carbons (Fsp3) is 0.750. The van der Waals surface area contributed by atoms with Crippen molar-refractivity contribution in [1.29, 1.82) is 0 Å². The molecule has 1 fully saturated rings. The van der Waals surface area contributed by atoms with Gasteiger partial charge in [-0.15, -0.1) is 5.10 Å². The lowest BCUT2D eigenvalue weighted by molar-refractivity contribution is -0.140. The minimum atomic E-state index is -0.910. The van der Waals surface area contributed by atoms with Gasteiger partial charge in [0.2, 0.25) is 0 Å². The van der Waals surface area contributed by atoms with Crippen molar-refractivity contribution in [3.8, 4) is 0 Å². The van der Waals surface area contributed by atoms with Crippen LogP contribution in [0.4, 0.5) is 0 Å². The van der Waals surface area contributed by atoms with E-state index >= 15 is 0 Å². The Bertz CT molecular complexity index is 362. The van der Waals surface area contributed by atoms with Crippen LogP contribution in [0.15, 0.2) is 0 Å². The molecule has 3 unspecified atom stereocenters. The number of carbonyl (C=O) groups is 1. The summed E-state index contributed by atoms with van der Waals surface area (Å²) in [4.78, 5) is 10.8. The molecule has 0 bridgehead atoms. The van der Waals surface area contributed by atoms with Crippen molar-refractivity contribution in [3.05, 3.63) is 5.82 Å². The smallest absolute Gasteiger partial charge is 0.328 e. The highest BCUT2D eigenvalue weighted by Gasteiger charge is 2.39. The lowest BCUT2D eigenvalue weighted by Gasteiger charge is -2.07. The minimum absolute atomic E-state index is 0.340. The number of aliphatic carboxylic acids is 1. The topological polar surface area (TPSA) is 80.9 Å². The van der Waals surface area contributed by atoms with Crippen molar-refractivity contribution in [1.82, 2.24) is 20.2 Å². The number of hydrogen-bond acceptors (Lipinski definition) is 4. The van der Waals surface area contributed by atoms with Crippen molar-refractivity contribution in [3.63, 3.8) is 0 Å². The average molecular weight is 196 g/mol. The Balaban J connectivity index is 2.25. The average Bonchev–Trinajstić information content (AvgIpc) is 2.67. The molecule has 0 aromatic carbocycles. The van der Waals surface area contributed by atoms with Crippen LogP contribution in [0.5, 0.6) is 0 Å². The van der Waals surface area contributed by atoms with Crippen LogP contribution in [0.3, 0.4) is 0 Å². The molecule has 14 heavy (non-hydrogen) atoms. The Hall–Kier alpha value is -1.46. The zero-order valence-corrected chi connectivity index (χ0v) is 8.08. The Morgan fingerprint density at radius 1 is 1.71 bits per heavy atom. The molecule has 0 saturated heterocycles. The molecule has 1 heterocycles. The standard InChI is InChI=1S/C8H12N4O2/c1-4-3-6(4)7-9-10-11-12(7)5(2)8(13)14/h4-6H,3H2,1-2H3,(H,13,14). The monoisotopic (exact) mass is 196 g/mol. The molecule has 6 heteroatoms. The van der Waals surface area contributed by atoms with Gasteiger partial charge in [0.15, 0.2) is 5.82 Å². The third-order valence-corrected chi connectivity index (χ3v) is 2.68. The molecule has 0 spiro atoms. The maximum Gasteiger partial charge on any atom is 0.328 e. The molecule has 0 radical (unpaired) electrons. The van der Waals surface area contributed by atoms with Crippen molar-refractivity contribution in [2.45, 2.75) is 32.2 Å². The number of nitrogens with zero attached hydrogens (tertiary/aromatic N) is 4. The van der Waals surface area contributed by atoms with Gasteiger partial charge in [0.1, 0.15) is 6.04 Å². The van der Waals surface area contributed by atoms with Gasteiger partial charge in [-0.05, 0) is 29.7 Å². The molecular weight excluding hydrogens is 184 g/mol. The molecule has 1 N–H and O–H groups in total. The SMILES string of the molecule is CC1CC1c1nnnn1C(C)C(=O)O. The second kappa shape index (κ2) is 3.04. The number of carboxylic acid groups (broad SMARTS) is 1. The first-order valence-corrected chi connectivity index (χ1v) is 4.62. The predicted molar refractivity (Wildman–Crippen MR) is 46.7 cm³/mol. The molecule has 3 atom stereocenters. The van der Waals surface area contributed by atoms with Crippen LogP contribution in [-0.4, -0.2) is 31.3 Å². The lowest BCUT2D eigenvalue weighted by Crippen LogP contribution is -2.19. The predicted octanol–water partition coefficient (Wildman–Crippen LogP) is 0.442. The summed E-state index contributed by atoms with van der Waals surface area (Å²) in [5.41, 5.74) is 0. The van der Waals surface area contributed by atoms with Gasteiger partial charge in [-0.1, -0.05) is 6.92 Å².